The molecule has 1 unspecified atom stereocenters. The average molecular weight is 453 g/mol. The van der Waals surface area contributed by atoms with Gasteiger partial charge in [-0.05, 0) is 66.7 Å². The highest BCUT2D eigenvalue weighted by molar-refractivity contribution is 6.32. The predicted molar refractivity (Wildman–Crippen MR) is 132 cm³/mol. The molecule has 0 spiro atoms. The molecule has 0 saturated heterocycles. The number of aromatic nitrogens is 1. The zero-order valence-corrected chi connectivity index (χ0v) is 19.7. The van der Waals surface area contributed by atoms with E-state index in [0.717, 1.165) is 31.2 Å². The molecule has 0 amide bonds. The van der Waals surface area contributed by atoms with E-state index in [2.05, 4.69) is 54.5 Å². The number of H-pyrrole nitrogens is 1. The van der Waals surface area contributed by atoms with Gasteiger partial charge in [0.1, 0.15) is 5.75 Å². The van der Waals surface area contributed by atoms with Crippen molar-refractivity contribution in [3.05, 3.63) is 75.7 Å². The van der Waals surface area contributed by atoms with Crippen molar-refractivity contribution in [2.24, 2.45) is 11.8 Å². The van der Waals surface area contributed by atoms with Gasteiger partial charge in [-0.3, -0.25) is 4.79 Å². The Balaban J connectivity index is 1.48. The molecule has 0 aliphatic heterocycles. The lowest BCUT2D eigenvalue weighted by atomic mass is 9.72. The second-order valence-electron chi connectivity index (χ2n) is 8.94. The molecule has 1 saturated carbocycles. The molecule has 4 rings (SSSR count). The van der Waals surface area contributed by atoms with Gasteiger partial charge in [-0.2, -0.15) is 0 Å². The highest BCUT2D eigenvalue weighted by Gasteiger charge is 2.35. The molecular weight excluding hydrogens is 420 g/mol. The number of aromatic amines is 1. The van der Waals surface area contributed by atoms with Crippen LogP contribution in [0.5, 0.6) is 5.75 Å². The van der Waals surface area contributed by atoms with E-state index in [4.69, 9.17) is 16.3 Å². The summed E-state index contributed by atoms with van der Waals surface area (Å²) >= 11 is 6.50. The molecule has 1 aliphatic rings. The van der Waals surface area contributed by atoms with E-state index in [0.29, 0.717) is 34.0 Å². The maximum absolute atomic E-state index is 12.1. The van der Waals surface area contributed by atoms with Crippen LogP contribution in [0, 0.1) is 11.8 Å². The first-order chi connectivity index (χ1) is 15.6. The van der Waals surface area contributed by atoms with Gasteiger partial charge in [0.15, 0.2) is 0 Å². The zero-order chi connectivity index (χ0) is 22.5. The summed E-state index contributed by atoms with van der Waals surface area (Å²) in [6, 6.07) is 16.6. The number of ether oxygens (including phenoxy) is 1. The number of rotatable bonds is 8. The number of fused-ring (bicyclic) bond motifs is 1. The van der Waals surface area contributed by atoms with Crippen molar-refractivity contribution in [2.75, 3.05) is 0 Å². The molecule has 170 valence electrons. The van der Waals surface area contributed by atoms with Crippen molar-refractivity contribution >= 4 is 22.4 Å². The van der Waals surface area contributed by atoms with Crippen LogP contribution in [0.3, 0.4) is 0 Å². The lowest BCUT2D eigenvalue weighted by molar-refractivity contribution is 0.0647. The topological polar surface area (TPSA) is 54.1 Å². The molecule has 4 nitrogen and oxygen atoms in total. The van der Waals surface area contributed by atoms with E-state index >= 15 is 0 Å². The molecular formula is C27H33ClN2O2. The molecule has 2 N–H and O–H groups in total. The van der Waals surface area contributed by atoms with Crippen molar-refractivity contribution in [1.29, 1.82) is 0 Å². The van der Waals surface area contributed by atoms with Gasteiger partial charge in [0, 0.05) is 24.2 Å². The van der Waals surface area contributed by atoms with Crippen LogP contribution in [0.4, 0.5) is 0 Å². The molecule has 1 heterocycles. The Hall–Kier alpha value is -2.30. The molecule has 4 atom stereocenters. The molecule has 1 aliphatic carbocycles. The molecule has 1 aromatic heterocycles. The van der Waals surface area contributed by atoms with Crippen molar-refractivity contribution in [2.45, 2.75) is 64.6 Å². The van der Waals surface area contributed by atoms with Crippen LogP contribution >= 0.6 is 11.6 Å². The molecule has 2 aromatic carbocycles. The second kappa shape index (κ2) is 10.5. The molecule has 0 radical (unpaired) electrons. The summed E-state index contributed by atoms with van der Waals surface area (Å²) in [4.78, 5) is 14.8. The van der Waals surface area contributed by atoms with Gasteiger partial charge in [0.25, 0.3) is 5.56 Å². The van der Waals surface area contributed by atoms with E-state index in [1.165, 1.54) is 18.4 Å². The lowest BCUT2D eigenvalue weighted by Gasteiger charge is -2.40. The van der Waals surface area contributed by atoms with Crippen LogP contribution in [0.15, 0.2) is 59.5 Å². The smallest absolute Gasteiger partial charge is 0.255 e. The van der Waals surface area contributed by atoms with E-state index in [-0.39, 0.29) is 11.7 Å². The van der Waals surface area contributed by atoms with Gasteiger partial charge in [-0.25, -0.2) is 0 Å². The third kappa shape index (κ3) is 5.19. The van der Waals surface area contributed by atoms with Gasteiger partial charge < -0.3 is 15.0 Å². The van der Waals surface area contributed by atoms with Crippen LogP contribution in [0.2, 0.25) is 5.02 Å². The number of benzene rings is 2. The maximum Gasteiger partial charge on any atom is 0.255 e. The van der Waals surface area contributed by atoms with Crippen molar-refractivity contribution < 1.29 is 4.74 Å². The van der Waals surface area contributed by atoms with Crippen LogP contribution in [0.25, 0.3) is 10.8 Å². The van der Waals surface area contributed by atoms with E-state index in [1.54, 1.807) is 12.3 Å². The summed E-state index contributed by atoms with van der Waals surface area (Å²) in [5, 5.41) is 5.77. The number of hydrogen-bond acceptors (Lipinski definition) is 3. The fourth-order valence-corrected chi connectivity index (χ4v) is 5.44. The highest BCUT2D eigenvalue weighted by Crippen LogP contribution is 2.39. The van der Waals surface area contributed by atoms with Gasteiger partial charge in [0.05, 0.1) is 11.1 Å². The number of nitrogens with one attached hydrogen (secondary N) is 2. The summed E-state index contributed by atoms with van der Waals surface area (Å²) in [5.74, 6) is 1.94. The fourth-order valence-electron chi connectivity index (χ4n) is 5.24. The maximum atomic E-state index is 12.1. The fraction of sp³-hybridized carbons (Fsp3) is 0.444. The Morgan fingerprint density at radius 2 is 1.97 bits per heavy atom. The third-order valence-corrected chi connectivity index (χ3v) is 7.31. The summed E-state index contributed by atoms with van der Waals surface area (Å²) in [7, 11) is 0. The predicted octanol–water partition coefficient (Wildman–Crippen LogP) is 6.32. The Morgan fingerprint density at radius 3 is 2.72 bits per heavy atom. The van der Waals surface area contributed by atoms with Gasteiger partial charge in [-0.15, -0.1) is 0 Å². The molecule has 32 heavy (non-hydrogen) atoms. The van der Waals surface area contributed by atoms with Crippen LogP contribution in [0.1, 0.15) is 51.5 Å². The van der Waals surface area contributed by atoms with Crippen LogP contribution in [-0.2, 0) is 6.54 Å². The minimum absolute atomic E-state index is 0.130. The van der Waals surface area contributed by atoms with E-state index in [1.807, 2.05) is 12.1 Å². The van der Waals surface area contributed by atoms with Crippen molar-refractivity contribution in [1.82, 2.24) is 10.3 Å². The van der Waals surface area contributed by atoms with Gasteiger partial charge >= 0.3 is 0 Å². The van der Waals surface area contributed by atoms with Crippen LogP contribution in [-0.4, -0.2) is 17.1 Å². The van der Waals surface area contributed by atoms with Gasteiger partial charge in [-0.1, -0.05) is 62.2 Å². The lowest BCUT2D eigenvalue weighted by Crippen LogP contribution is -2.44. The standard InChI is InChI=1S/C27H33ClN2O2/c1-3-19-10-11-21(15-22(19)25(4-2)30-17-18-8-6-5-7-9-18)32-26-14-20-12-13-29-27(31)23(20)16-24(26)28/h5-9,12-14,16,19,21-22,25,30H,3-4,10-11,15,17H2,1-2H3,(H,29,31)/t19-,21-,22-,25?/m0/s1. The molecule has 3 aromatic rings. The summed E-state index contributed by atoms with van der Waals surface area (Å²) in [6.45, 7) is 5.47. The number of hydrogen-bond donors (Lipinski definition) is 2. The Kier molecular flexibility index (Phi) is 7.54. The average Bonchev–Trinajstić information content (AvgIpc) is 2.81. The van der Waals surface area contributed by atoms with Crippen molar-refractivity contribution in [3.63, 3.8) is 0 Å². The summed E-state index contributed by atoms with van der Waals surface area (Å²) in [5.41, 5.74) is 1.19. The van der Waals surface area contributed by atoms with E-state index < -0.39 is 0 Å². The summed E-state index contributed by atoms with van der Waals surface area (Å²) < 4.78 is 6.44. The largest absolute Gasteiger partial charge is 0.489 e. The first kappa shape index (κ1) is 22.9. The molecule has 1 fully saturated rings. The SMILES string of the molecule is CCC(NCc1ccccc1)[C@H]1C[C@@H](Oc2cc3cc[nH]c(=O)c3cc2Cl)CC[C@@H]1CC. The molecule has 0 bridgehead atoms. The second-order valence-corrected chi connectivity index (χ2v) is 9.35. The number of pyridine rings is 1. The normalized spacial score (nSPS) is 22.0. The Labute approximate surface area is 195 Å². The zero-order valence-electron chi connectivity index (χ0n) is 18.9. The minimum Gasteiger partial charge on any atom is -0.489 e. The first-order valence-electron chi connectivity index (χ1n) is 11.8. The molecule has 5 heteroatoms. The van der Waals surface area contributed by atoms with Gasteiger partial charge in [0.2, 0.25) is 0 Å². The quantitative estimate of drug-likeness (QED) is 0.420. The highest BCUT2D eigenvalue weighted by atomic mass is 35.5. The first-order valence-corrected chi connectivity index (χ1v) is 12.2. The van der Waals surface area contributed by atoms with Crippen LogP contribution < -0.4 is 15.6 Å². The third-order valence-electron chi connectivity index (χ3n) is 7.01. The number of halogens is 1. The van der Waals surface area contributed by atoms with E-state index in [9.17, 15) is 4.79 Å². The summed E-state index contributed by atoms with van der Waals surface area (Å²) in [6.07, 6.45) is 7.30. The Bertz CT molecular complexity index is 1080. The van der Waals surface area contributed by atoms with Crippen molar-refractivity contribution in [3.8, 4) is 5.75 Å². The Morgan fingerprint density at radius 1 is 1.16 bits per heavy atom. The monoisotopic (exact) mass is 452 g/mol. The minimum atomic E-state index is -0.130.